The topological polar surface area (TPSA) is 83.5 Å². The molecule has 0 aliphatic rings. The van der Waals surface area contributed by atoms with E-state index in [1.807, 2.05) is 5.32 Å². The first-order valence-corrected chi connectivity index (χ1v) is 7.53. The van der Waals surface area contributed by atoms with Crippen LogP contribution >= 0.6 is 15.9 Å². The molecule has 5 nitrogen and oxygen atoms in total. The molecule has 0 atom stereocenters. The van der Waals surface area contributed by atoms with Gasteiger partial charge >= 0.3 is 6.09 Å². The summed E-state index contributed by atoms with van der Waals surface area (Å²) in [6.45, 7) is -0.376. The Morgan fingerprint density at radius 2 is 2.16 bits per heavy atom. The highest BCUT2D eigenvalue weighted by molar-refractivity contribution is 9.10. The predicted octanol–water partition coefficient (Wildman–Crippen LogP) is 2.34. The van der Waals surface area contributed by atoms with E-state index in [-0.39, 0.29) is 23.3 Å². The van der Waals surface area contributed by atoms with Crippen LogP contribution in [0.3, 0.4) is 0 Å². The summed E-state index contributed by atoms with van der Waals surface area (Å²) >= 11 is 3.14. The van der Waals surface area contributed by atoms with Crippen molar-refractivity contribution in [1.82, 2.24) is 5.32 Å². The number of halogens is 2. The molecule has 0 fully saturated rings. The van der Waals surface area contributed by atoms with Crippen LogP contribution in [-0.4, -0.2) is 31.9 Å². The lowest BCUT2D eigenvalue weighted by atomic mass is 10.3. The Kier molecular flexibility index (Phi) is 5.49. The Labute approximate surface area is 118 Å². The van der Waals surface area contributed by atoms with Gasteiger partial charge in [0.25, 0.3) is 0 Å². The lowest BCUT2D eigenvalue weighted by Gasteiger charge is -2.08. The van der Waals surface area contributed by atoms with Gasteiger partial charge in [-0.2, -0.15) is 0 Å². The summed E-state index contributed by atoms with van der Waals surface area (Å²) in [5.74, 6) is -0.583. The zero-order chi connectivity index (χ0) is 14.5. The third-order valence-electron chi connectivity index (χ3n) is 2.15. The first kappa shape index (κ1) is 15.6. The molecule has 2 N–H and O–H groups in total. The van der Waals surface area contributed by atoms with Crippen LogP contribution in [0.1, 0.15) is 0 Å². The molecule has 1 rings (SSSR count). The molecule has 0 unspecified atom stereocenters. The molecule has 0 aliphatic heterocycles. The smallest absolute Gasteiger partial charge is 0.404 e. The summed E-state index contributed by atoms with van der Waals surface area (Å²) in [5.41, 5.74) is -0.164. The van der Waals surface area contributed by atoms with Crippen LogP contribution < -0.4 is 5.32 Å². The van der Waals surface area contributed by atoms with E-state index in [1.165, 1.54) is 12.1 Å². The molecule has 0 spiro atoms. The van der Waals surface area contributed by atoms with E-state index in [1.54, 1.807) is 12.1 Å². The van der Waals surface area contributed by atoms with E-state index in [0.717, 1.165) is 0 Å². The fraction of sp³-hybridized carbons (Fsp3) is 0.182. The predicted molar refractivity (Wildman–Crippen MR) is 71.4 cm³/mol. The van der Waals surface area contributed by atoms with E-state index in [4.69, 9.17) is 5.11 Å². The second-order valence-electron chi connectivity index (χ2n) is 3.64. The van der Waals surface area contributed by atoms with Crippen molar-refractivity contribution in [2.45, 2.75) is 4.90 Å². The van der Waals surface area contributed by atoms with Gasteiger partial charge in [0, 0.05) is 11.0 Å². The SMILES string of the molecule is O=C(O)NCC(=CF)CS(=O)(=O)c1cccc(Br)c1. The Morgan fingerprint density at radius 3 is 2.68 bits per heavy atom. The van der Waals surface area contributed by atoms with Crippen LogP contribution in [0.25, 0.3) is 0 Å². The average molecular weight is 352 g/mol. The van der Waals surface area contributed by atoms with Crippen molar-refractivity contribution in [3.8, 4) is 0 Å². The largest absolute Gasteiger partial charge is 0.465 e. The van der Waals surface area contributed by atoms with Crippen LogP contribution in [0.2, 0.25) is 0 Å². The minimum Gasteiger partial charge on any atom is -0.465 e. The van der Waals surface area contributed by atoms with Crippen molar-refractivity contribution < 1.29 is 22.7 Å². The molecule has 1 aromatic rings. The van der Waals surface area contributed by atoms with Gasteiger partial charge in [-0.05, 0) is 23.8 Å². The number of carbonyl (C=O) groups is 1. The molecule has 1 amide bonds. The third kappa shape index (κ3) is 4.99. The molecule has 1 aromatic carbocycles. The van der Waals surface area contributed by atoms with Crippen molar-refractivity contribution in [2.75, 3.05) is 12.3 Å². The summed E-state index contributed by atoms with van der Waals surface area (Å²) in [7, 11) is -3.71. The molecule has 8 heteroatoms. The zero-order valence-corrected chi connectivity index (χ0v) is 12.0. The number of hydrogen-bond acceptors (Lipinski definition) is 3. The highest BCUT2D eigenvalue weighted by Gasteiger charge is 2.17. The second-order valence-corrected chi connectivity index (χ2v) is 6.55. The van der Waals surface area contributed by atoms with Crippen molar-refractivity contribution in [3.63, 3.8) is 0 Å². The maximum absolute atomic E-state index is 12.6. The minimum absolute atomic E-state index is 0.0385. The van der Waals surface area contributed by atoms with Gasteiger partial charge in [0.15, 0.2) is 9.84 Å². The van der Waals surface area contributed by atoms with Gasteiger partial charge in [-0.15, -0.1) is 0 Å². The lowest BCUT2D eigenvalue weighted by molar-refractivity contribution is 0.195. The minimum atomic E-state index is -3.71. The highest BCUT2D eigenvalue weighted by atomic mass is 79.9. The molecule has 0 bridgehead atoms. The summed E-state index contributed by atoms with van der Waals surface area (Å²) < 4.78 is 37.1. The van der Waals surface area contributed by atoms with Gasteiger partial charge in [-0.3, -0.25) is 0 Å². The molecule has 0 heterocycles. The Balaban J connectivity index is 2.87. The average Bonchev–Trinajstić information content (AvgIpc) is 2.34. The lowest BCUT2D eigenvalue weighted by Crippen LogP contribution is -2.25. The normalized spacial score (nSPS) is 12.2. The summed E-state index contributed by atoms with van der Waals surface area (Å²) in [6, 6.07) is 6.00. The number of rotatable bonds is 5. The second kappa shape index (κ2) is 6.67. The van der Waals surface area contributed by atoms with Gasteiger partial charge in [0.05, 0.1) is 17.0 Å². The fourth-order valence-corrected chi connectivity index (χ4v) is 3.26. The first-order valence-electron chi connectivity index (χ1n) is 5.08. The molecular formula is C11H11BrFNO4S. The van der Waals surface area contributed by atoms with E-state index >= 15 is 0 Å². The highest BCUT2D eigenvalue weighted by Crippen LogP contribution is 2.18. The van der Waals surface area contributed by atoms with Crippen molar-refractivity contribution in [1.29, 1.82) is 0 Å². The van der Waals surface area contributed by atoms with Crippen molar-refractivity contribution >= 4 is 31.9 Å². The number of benzene rings is 1. The van der Waals surface area contributed by atoms with Crippen LogP contribution in [0.5, 0.6) is 0 Å². The summed E-state index contributed by atoms with van der Waals surface area (Å²) in [5, 5.41) is 10.3. The first-order chi connectivity index (χ1) is 8.85. The molecule has 0 saturated carbocycles. The summed E-state index contributed by atoms with van der Waals surface area (Å²) in [6.07, 6.45) is -1.25. The van der Waals surface area contributed by atoms with Crippen LogP contribution in [0.4, 0.5) is 9.18 Å². The number of nitrogens with one attached hydrogen (secondary N) is 1. The molecule has 0 radical (unpaired) electrons. The van der Waals surface area contributed by atoms with Crippen LogP contribution in [0, 0.1) is 0 Å². The number of hydrogen-bond donors (Lipinski definition) is 2. The Bertz CT molecular complexity index is 600. The van der Waals surface area contributed by atoms with Gasteiger partial charge in [0.2, 0.25) is 0 Å². The van der Waals surface area contributed by atoms with E-state index in [2.05, 4.69) is 15.9 Å². The van der Waals surface area contributed by atoms with E-state index in [0.29, 0.717) is 4.47 Å². The monoisotopic (exact) mass is 351 g/mol. The Hall–Kier alpha value is -1.41. The molecular weight excluding hydrogens is 341 g/mol. The van der Waals surface area contributed by atoms with Gasteiger partial charge in [0.1, 0.15) is 0 Å². The van der Waals surface area contributed by atoms with Gasteiger partial charge in [-0.25, -0.2) is 17.6 Å². The number of carboxylic acid groups (broad SMARTS) is 1. The molecule has 0 saturated heterocycles. The van der Waals surface area contributed by atoms with Crippen LogP contribution in [0.15, 0.2) is 45.5 Å². The van der Waals surface area contributed by atoms with Crippen molar-refractivity contribution in [2.24, 2.45) is 0 Å². The van der Waals surface area contributed by atoms with Gasteiger partial charge in [-0.1, -0.05) is 22.0 Å². The van der Waals surface area contributed by atoms with Gasteiger partial charge < -0.3 is 10.4 Å². The maximum atomic E-state index is 12.6. The molecule has 0 aliphatic carbocycles. The fourth-order valence-electron chi connectivity index (χ4n) is 1.30. The maximum Gasteiger partial charge on any atom is 0.404 e. The van der Waals surface area contributed by atoms with E-state index in [9.17, 15) is 17.6 Å². The van der Waals surface area contributed by atoms with Crippen LogP contribution in [-0.2, 0) is 9.84 Å². The summed E-state index contributed by atoms with van der Waals surface area (Å²) in [4.78, 5) is 10.3. The van der Waals surface area contributed by atoms with E-state index < -0.39 is 21.7 Å². The Morgan fingerprint density at radius 1 is 1.47 bits per heavy atom. The molecule has 104 valence electrons. The number of amides is 1. The number of sulfone groups is 1. The quantitative estimate of drug-likeness (QED) is 0.852. The third-order valence-corrected chi connectivity index (χ3v) is 4.37. The molecule has 0 aromatic heterocycles. The molecule has 19 heavy (non-hydrogen) atoms. The zero-order valence-electron chi connectivity index (χ0n) is 9.64. The van der Waals surface area contributed by atoms with Crippen molar-refractivity contribution in [3.05, 3.63) is 40.6 Å². The standard InChI is InChI=1S/C11H11BrFNO4S/c12-9-2-1-3-10(4-9)19(17,18)7-8(5-13)6-14-11(15)16/h1-5,14H,6-7H2,(H,15,16).